The molecule has 0 saturated heterocycles. The summed E-state index contributed by atoms with van der Waals surface area (Å²) in [7, 11) is 0. The van der Waals surface area contributed by atoms with Crippen molar-refractivity contribution in [3.05, 3.63) is 65.0 Å². The Hall–Kier alpha value is -2.95. The Kier molecular flexibility index (Phi) is 2.20. The highest BCUT2D eigenvalue weighted by Crippen LogP contribution is 2.15. The van der Waals surface area contributed by atoms with Gasteiger partial charge in [0.05, 0.1) is 0 Å². The van der Waals surface area contributed by atoms with Gasteiger partial charge in [-0.05, 0) is 24.3 Å². The van der Waals surface area contributed by atoms with Crippen molar-refractivity contribution in [2.45, 2.75) is 0 Å². The van der Waals surface area contributed by atoms with Crippen molar-refractivity contribution in [1.82, 2.24) is 15.0 Å². The molecule has 4 aromatic rings. The highest BCUT2D eigenvalue weighted by atomic mass is 16.4. The molecule has 0 radical (unpaired) electrons. The van der Waals surface area contributed by atoms with Crippen LogP contribution in [0.25, 0.3) is 27.7 Å². The van der Waals surface area contributed by atoms with Crippen molar-refractivity contribution in [3.63, 3.8) is 0 Å². The van der Waals surface area contributed by atoms with E-state index in [0.717, 1.165) is 16.4 Å². The molecule has 0 saturated carbocycles. The summed E-state index contributed by atoms with van der Waals surface area (Å²) < 4.78 is 5.29. The fourth-order valence-electron chi connectivity index (χ4n) is 2.16. The van der Waals surface area contributed by atoms with Crippen LogP contribution in [0.4, 0.5) is 0 Å². The average Bonchev–Trinajstić information content (AvgIpc) is 2.90. The van der Waals surface area contributed by atoms with Crippen molar-refractivity contribution in [3.8, 4) is 5.69 Å². The molecule has 0 amide bonds. The van der Waals surface area contributed by atoms with E-state index in [1.54, 1.807) is 12.1 Å². The molecule has 2 aromatic heterocycles. The number of hydrogen-bond donors (Lipinski definition) is 0. The maximum absolute atomic E-state index is 12.0. The predicted molar refractivity (Wildman–Crippen MR) is 74.9 cm³/mol. The largest absolute Gasteiger partial charge is 0.421 e. The maximum Gasteiger partial charge on any atom is 0.364 e. The lowest BCUT2D eigenvalue weighted by molar-refractivity contribution is 0.546. The summed E-state index contributed by atoms with van der Waals surface area (Å²) in [6, 6.07) is 16.5. The summed E-state index contributed by atoms with van der Waals surface area (Å²) in [6.45, 7) is 0. The van der Waals surface area contributed by atoms with Gasteiger partial charge in [-0.1, -0.05) is 30.3 Å². The molecule has 5 nitrogen and oxygen atoms in total. The monoisotopic (exact) mass is 263 g/mol. The third-order valence-electron chi connectivity index (χ3n) is 3.13. The first-order chi connectivity index (χ1) is 9.81. The topological polar surface area (TPSA) is 60.9 Å². The molecule has 0 aliphatic carbocycles. The zero-order valence-electron chi connectivity index (χ0n) is 10.4. The summed E-state index contributed by atoms with van der Waals surface area (Å²) in [5.74, 6) is 0. The van der Waals surface area contributed by atoms with Gasteiger partial charge in [0.2, 0.25) is 0 Å². The minimum atomic E-state index is -0.455. The van der Waals surface area contributed by atoms with Gasteiger partial charge in [0, 0.05) is 5.39 Å². The number of nitrogens with zero attached hydrogens (tertiary/aromatic N) is 3. The molecule has 0 spiro atoms. The molecule has 96 valence electrons. The first-order valence-corrected chi connectivity index (χ1v) is 6.17. The first-order valence-electron chi connectivity index (χ1n) is 6.17. The lowest BCUT2D eigenvalue weighted by Crippen LogP contribution is -2.12. The zero-order valence-corrected chi connectivity index (χ0v) is 10.4. The third kappa shape index (κ3) is 1.60. The van der Waals surface area contributed by atoms with Crippen molar-refractivity contribution in [2.24, 2.45) is 0 Å². The van der Waals surface area contributed by atoms with E-state index in [-0.39, 0.29) is 0 Å². The van der Waals surface area contributed by atoms with Crippen LogP contribution in [0.3, 0.4) is 0 Å². The fourth-order valence-corrected chi connectivity index (χ4v) is 2.16. The second-order valence-corrected chi connectivity index (χ2v) is 4.44. The van der Waals surface area contributed by atoms with Crippen molar-refractivity contribution >= 4 is 22.0 Å². The van der Waals surface area contributed by atoms with Crippen LogP contribution in [0.2, 0.25) is 0 Å². The summed E-state index contributed by atoms with van der Waals surface area (Å²) >= 11 is 0. The van der Waals surface area contributed by atoms with Gasteiger partial charge in [-0.15, -0.1) is 15.0 Å². The predicted octanol–water partition coefficient (Wildman–Crippen LogP) is 2.53. The second-order valence-electron chi connectivity index (χ2n) is 4.44. The molecule has 0 aliphatic heterocycles. The second kappa shape index (κ2) is 4.03. The van der Waals surface area contributed by atoms with Gasteiger partial charge in [-0.3, -0.25) is 0 Å². The lowest BCUT2D eigenvalue weighted by atomic mass is 10.2. The minimum Gasteiger partial charge on any atom is -0.421 e. The third-order valence-corrected chi connectivity index (χ3v) is 3.13. The maximum atomic E-state index is 12.0. The highest BCUT2D eigenvalue weighted by molar-refractivity contribution is 5.78. The van der Waals surface area contributed by atoms with Crippen LogP contribution in [0.15, 0.2) is 63.8 Å². The van der Waals surface area contributed by atoms with E-state index in [2.05, 4.69) is 10.2 Å². The van der Waals surface area contributed by atoms with Gasteiger partial charge in [0.15, 0.2) is 5.69 Å². The van der Waals surface area contributed by atoms with Crippen LogP contribution in [-0.4, -0.2) is 15.0 Å². The van der Waals surface area contributed by atoms with Gasteiger partial charge in [0.25, 0.3) is 0 Å². The SMILES string of the molecule is O=c1oc2ccccc2cc1-n1nc2ccccc2n1. The summed E-state index contributed by atoms with van der Waals surface area (Å²) in [6.07, 6.45) is 0. The summed E-state index contributed by atoms with van der Waals surface area (Å²) in [5, 5.41) is 9.43. The average molecular weight is 263 g/mol. The van der Waals surface area contributed by atoms with Crippen LogP contribution in [0.1, 0.15) is 0 Å². The molecule has 0 fully saturated rings. The van der Waals surface area contributed by atoms with Crippen LogP contribution >= 0.6 is 0 Å². The minimum absolute atomic E-state index is 0.305. The van der Waals surface area contributed by atoms with Crippen LogP contribution in [-0.2, 0) is 0 Å². The standard InChI is InChI=1S/C15H9N3O2/c19-15-13(9-10-5-1-4-8-14(10)20-15)18-16-11-6-2-3-7-12(11)17-18/h1-9H. The highest BCUT2D eigenvalue weighted by Gasteiger charge is 2.10. The number of fused-ring (bicyclic) bond motifs is 2. The Morgan fingerprint density at radius 3 is 2.30 bits per heavy atom. The molecule has 5 heteroatoms. The van der Waals surface area contributed by atoms with Crippen LogP contribution in [0, 0.1) is 0 Å². The molecule has 2 heterocycles. The summed E-state index contributed by atoms with van der Waals surface area (Å²) in [5.41, 5.74) is 1.88. The number of benzene rings is 2. The zero-order chi connectivity index (χ0) is 13.5. The van der Waals surface area contributed by atoms with Crippen molar-refractivity contribution in [2.75, 3.05) is 0 Å². The van der Waals surface area contributed by atoms with Crippen LogP contribution < -0.4 is 5.63 Å². The number of hydrogen-bond acceptors (Lipinski definition) is 4. The quantitative estimate of drug-likeness (QED) is 0.495. The van der Waals surface area contributed by atoms with Gasteiger partial charge in [-0.2, -0.15) is 0 Å². The van der Waals surface area contributed by atoms with E-state index in [4.69, 9.17) is 4.42 Å². The van der Waals surface area contributed by atoms with Gasteiger partial charge in [0.1, 0.15) is 16.6 Å². The molecule has 4 rings (SSSR count). The molecule has 0 bridgehead atoms. The summed E-state index contributed by atoms with van der Waals surface area (Å²) in [4.78, 5) is 13.4. The van der Waals surface area contributed by atoms with E-state index in [9.17, 15) is 4.79 Å². The molecule has 0 aliphatic rings. The van der Waals surface area contributed by atoms with Gasteiger partial charge < -0.3 is 4.42 Å². The Labute approximate surface area is 113 Å². The molecule has 0 atom stereocenters. The molecule has 2 aromatic carbocycles. The Morgan fingerprint density at radius 1 is 0.900 bits per heavy atom. The van der Waals surface area contributed by atoms with E-state index in [1.165, 1.54) is 4.80 Å². The van der Waals surface area contributed by atoms with Crippen molar-refractivity contribution in [1.29, 1.82) is 0 Å². The first kappa shape index (κ1) is 10.9. The van der Waals surface area contributed by atoms with Gasteiger partial charge >= 0.3 is 5.63 Å². The van der Waals surface area contributed by atoms with Crippen molar-refractivity contribution < 1.29 is 4.42 Å². The van der Waals surface area contributed by atoms with E-state index in [1.807, 2.05) is 42.5 Å². The molecule has 0 unspecified atom stereocenters. The molecule has 20 heavy (non-hydrogen) atoms. The molecular formula is C15H9N3O2. The van der Waals surface area contributed by atoms with Gasteiger partial charge in [-0.25, -0.2) is 4.79 Å². The van der Waals surface area contributed by atoms with Crippen LogP contribution in [0.5, 0.6) is 0 Å². The van der Waals surface area contributed by atoms with E-state index in [0.29, 0.717) is 11.3 Å². The molecular weight excluding hydrogens is 254 g/mol. The fraction of sp³-hybridized carbons (Fsp3) is 0. The Morgan fingerprint density at radius 2 is 1.55 bits per heavy atom. The number of para-hydroxylation sites is 1. The normalized spacial score (nSPS) is 11.2. The Balaban J connectivity index is 2.01. The number of aromatic nitrogens is 3. The molecule has 0 N–H and O–H groups in total. The smallest absolute Gasteiger partial charge is 0.364 e. The number of rotatable bonds is 1. The van der Waals surface area contributed by atoms with E-state index >= 15 is 0 Å². The van der Waals surface area contributed by atoms with E-state index < -0.39 is 5.63 Å². The lowest BCUT2D eigenvalue weighted by Gasteiger charge is -2.00. The Bertz CT molecular complexity index is 952.